The number of carbonyl (C=O) groups excluding carboxylic acids is 1. The first-order chi connectivity index (χ1) is 11.3. The van der Waals surface area contributed by atoms with E-state index < -0.39 is 0 Å². The van der Waals surface area contributed by atoms with Crippen LogP contribution in [0.1, 0.15) is 5.56 Å². The standard InChI is InChI=1S/C16H20N6O/c23-15(16-8-17-6-13(16)7-18-9-16)20-5-12-3-1-2-4-14(12)22-11-19-10-21-22/h1-4,10-11,13,17-18H,5-9H2,(H,20,23). The lowest BCUT2D eigenvalue weighted by Gasteiger charge is -2.26. The number of aromatic nitrogens is 3. The molecule has 23 heavy (non-hydrogen) atoms. The van der Waals surface area contributed by atoms with Crippen molar-refractivity contribution in [3.05, 3.63) is 42.5 Å². The van der Waals surface area contributed by atoms with Gasteiger partial charge in [-0.2, -0.15) is 5.10 Å². The number of carbonyl (C=O) groups is 1. The van der Waals surface area contributed by atoms with E-state index in [2.05, 4.69) is 26.0 Å². The molecule has 3 N–H and O–H groups in total. The molecule has 4 rings (SSSR count). The van der Waals surface area contributed by atoms with Crippen LogP contribution in [-0.4, -0.2) is 46.9 Å². The number of nitrogens with zero attached hydrogens (tertiary/aromatic N) is 3. The smallest absolute Gasteiger partial charge is 0.229 e. The Morgan fingerprint density at radius 3 is 2.83 bits per heavy atom. The van der Waals surface area contributed by atoms with Crippen molar-refractivity contribution in [2.24, 2.45) is 11.3 Å². The highest BCUT2D eigenvalue weighted by molar-refractivity contribution is 5.84. The second-order valence-electron chi connectivity index (χ2n) is 6.27. The molecule has 2 aromatic rings. The van der Waals surface area contributed by atoms with Gasteiger partial charge in [-0.25, -0.2) is 9.67 Å². The van der Waals surface area contributed by atoms with Crippen LogP contribution in [0.3, 0.4) is 0 Å². The summed E-state index contributed by atoms with van der Waals surface area (Å²) < 4.78 is 1.72. The molecular weight excluding hydrogens is 292 g/mol. The summed E-state index contributed by atoms with van der Waals surface area (Å²) in [5, 5.41) is 14.0. The summed E-state index contributed by atoms with van der Waals surface area (Å²) in [6.45, 7) is 3.82. The van der Waals surface area contributed by atoms with E-state index in [9.17, 15) is 4.79 Å². The van der Waals surface area contributed by atoms with Crippen molar-refractivity contribution in [3.63, 3.8) is 0 Å². The molecule has 0 unspecified atom stereocenters. The lowest BCUT2D eigenvalue weighted by Crippen LogP contribution is -2.46. The van der Waals surface area contributed by atoms with E-state index in [4.69, 9.17) is 0 Å². The third-order valence-corrected chi connectivity index (χ3v) is 4.99. The minimum absolute atomic E-state index is 0.130. The molecule has 120 valence electrons. The molecule has 0 bridgehead atoms. The molecule has 1 aromatic heterocycles. The molecule has 0 aliphatic carbocycles. The Bertz CT molecular complexity index is 688. The molecule has 3 heterocycles. The van der Waals surface area contributed by atoms with Gasteiger partial charge in [-0.1, -0.05) is 18.2 Å². The first kappa shape index (κ1) is 14.3. The van der Waals surface area contributed by atoms with Gasteiger partial charge in [0.25, 0.3) is 0 Å². The van der Waals surface area contributed by atoms with Crippen LogP contribution in [0.4, 0.5) is 0 Å². The van der Waals surface area contributed by atoms with Crippen LogP contribution in [0.2, 0.25) is 0 Å². The van der Waals surface area contributed by atoms with E-state index >= 15 is 0 Å². The Kier molecular flexibility index (Phi) is 3.59. The van der Waals surface area contributed by atoms with Crippen molar-refractivity contribution in [1.29, 1.82) is 0 Å². The van der Waals surface area contributed by atoms with Crippen LogP contribution in [0.5, 0.6) is 0 Å². The monoisotopic (exact) mass is 312 g/mol. The summed E-state index contributed by atoms with van der Waals surface area (Å²) in [5.74, 6) is 0.513. The SMILES string of the molecule is O=C(NCc1ccccc1-n1cncn1)C12CNCC1CNC2. The van der Waals surface area contributed by atoms with Crippen molar-refractivity contribution in [2.75, 3.05) is 26.2 Å². The summed E-state index contributed by atoms with van der Waals surface area (Å²) in [5.41, 5.74) is 1.66. The Morgan fingerprint density at radius 1 is 1.30 bits per heavy atom. The molecule has 0 radical (unpaired) electrons. The second-order valence-corrected chi connectivity index (χ2v) is 6.27. The summed E-state index contributed by atoms with van der Waals surface area (Å²) in [7, 11) is 0. The molecule has 7 nitrogen and oxygen atoms in total. The fourth-order valence-electron chi connectivity index (χ4n) is 3.67. The molecule has 0 saturated carbocycles. The van der Waals surface area contributed by atoms with E-state index in [0.717, 1.165) is 37.4 Å². The van der Waals surface area contributed by atoms with Crippen molar-refractivity contribution < 1.29 is 4.79 Å². The highest BCUT2D eigenvalue weighted by atomic mass is 16.2. The quantitative estimate of drug-likeness (QED) is 0.721. The average Bonchev–Trinajstić information content (AvgIpc) is 3.28. The molecule has 2 saturated heterocycles. The maximum absolute atomic E-state index is 12.8. The fraction of sp³-hybridized carbons (Fsp3) is 0.438. The van der Waals surface area contributed by atoms with Gasteiger partial charge in [-0.05, 0) is 11.6 Å². The molecule has 2 aliphatic rings. The number of nitrogens with one attached hydrogen (secondary N) is 3. The van der Waals surface area contributed by atoms with Crippen LogP contribution in [0, 0.1) is 11.3 Å². The van der Waals surface area contributed by atoms with Crippen molar-refractivity contribution in [2.45, 2.75) is 6.54 Å². The van der Waals surface area contributed by atoms with Gasteiger partial charge in [0.1, 0.15) is 12.7 Å². The summed E-state index contributed by atoms with van der Waals surface area (Å²) >= 11 is 0. The van der Waals surface area contributed by atoms with Crippen LogP contribution < -0.4 is 16.0 Å². The van der Waals surface area contributed by atoms with E-state index in [0.29, 0.717) is 12.5 Å². The fourth-order valence-corrected chi connectivity index (χ4v) is 3.67. The Hall–Kier alpha value is -2.25. The second kappa shape index (κ2) is 5.75. The minimum atomic E-state index is -0.303. The number of hydrogen-bond acceptors (Lipinski definition) is 5. The maximum Gasteiger partial charge on any atom is 0.229 e. The number of rotatable bonds is 4. The molecular formula is C16H20N6O. The van der Waals surface area contributed by atoms with Gasteiger partial charge in [0.15, 0.2) is 0 Å². The maximum atomic E-state index is 12.8. The number of para-hydroxylation sites is 1. The summed E-state index contributed by atoms with van der Waals surface area (Å²) in [4.78, 5) is 16.8. The third kappa shape index (κ3) is 2.42. The molecule has 0 spiro atoms. The zero-order chi connectivity index (χ0) is 15.7. The van der Waals surface area contributed by atoms with Crippen molar-refractivity contribution >= 4 is 5.91 Å². The number of hydrogen-bond donors (Lipinski definition) is 3. The number of benzene rings is 1. The van der Waals surface area contributed by atoms with Gasteiger partial charge < -0.3 is 16.0 Å². The largest absolute Gasteiger partial charge is 0.351 e. The first-order valence-corrected chi connectivity index (χ1v) is 7.92. The van der Waals surface area contributed by atoms with E-state index in [1.165, 1.54) is 6.33 Å². The highest BCUT2D eigenvalue weighted by Gasteiger charge is 2.51. The third-order valence-electron chi connectivity index (χ3n) is 4.99. The molecule has 1 amide bonds. The van der Waals surface area contributed by atoms with Crippen LogP contribution in [0.15, 0.2) is 36.9 Å². The van der Waals surface area contributed by atoms with Crippen molar-refractivity contribution in [1.82, 2.24) is 30.7 Å². The molecule has 7 heteroatoms. The van der Waals surface area contributed by atoms with E-state index in [1.807, 2.05) is 24.3 Å². The van der Waals surface area contributed by atoms with Gasteiger partial charge in [0.05, 0.1) is 11.1 Å². The molecule has 2 fully saturated rings. The van der Waals surface area contributed by atoms with Crippen molar-refractivity contribution in [3.8, 4) is 5.69 Å². The van der Waals surface area contributed by atoms with Gasteiger partial charge in [-0.15, -0.1) is 0 Å². The van der Waals surface area contributed by atoms with Crippen LogP contribution >= 0.6 is 0 Å². The molecule has 0 atom stereocenters. The first-order valence-electron chi connectivity index (χ1n) is 7.92. The normalized spacial score (nSPS) is 26.2. The Balaban J connectivity index is 1.51. The summed E-state index contributed by atoms with van der Waals surface area (Å²) in [6.07, 6.45) is 3.17. The Labute approximate surface area is 134 Å². The predicted octanol–water partition coefficient (Wildman–Crippen LogP) is -0.307. The number of amides is 1. The van der Waals surface area contributed by atoms with E-state index in [1.54, 1.807) is 11.0 Å². The minimum Gasteiger partial charge on any atom is -0.351 e. The topological polar surface area (TPSA) is 83.9 Å². The zero-order valence-corrected chi connectivity index (χ0v) is 12.8. The van der Waals surface area contributed by atoms with Gasteiger partial charge in [0, 0.05) is 38.6 Å². The average molecular weight is 312 g/mol. The molecule has 1 aromatic carbocycles. The number of fused-ring (bicyclic) bond motifs is 1. The van der Waals surface area contributed by atoms with Gasteiger partial charge in [0.2, 0.25) is 5.91 Å². The van der Waals surface area contributed by atoms with E-state index in [-0.39, 0.29) is 11.3 Å². The zero-order valence-electron chi connectivity index (χ0n) is 12.8. The van der Waals surface area contributed by atoms with Gasteiger partial charge in [-0.3, -0.25) is 4.79 Å². The van der Waals surface area contributed by atoms with Crippen LogP contribution in [-0.2, 0) is 11.3 Å². The van der Waals surface area contributed by atoms with Crippen LogP contribution in [0.25, 0.3) is 5.69 Å². The van der Waals surface area contributed by atoms with Gasteiger partial charge >= 0.3 is 0 Å². The lowest BCUT2D eigenvalue weighted by atomic mass is 9.80. The molecule has 2 aliphatic heterocycles. The summed E-state index contributed by atoms with van der Waals surface area (Å²) in [6, 6.07) is 7.91. The highest BCUT2D eigenvalue weighted by Crippen LogP contribution is 2.35. The predicted molar refractivity (Wildman–Crippen MR) is 84.9 cm³/mol. The lowest BCUT2D eigenvalue weighted by molar-refractivity contribution is -0.130. The Morgan fingerprint density at radius 2 is 2.09 bits per heavy atom.